The molecule has 0 aromatic heterocycles. The number of unbranched alkanes of at least 4 members (excludes halogenated alkanes) is 32. The summed E-state index contributed by atoms with van der Waals surface area (Å²) in [7, 11) is 0. The van der Waals surface area contributed by atoms with Gasteiger partial charge in [0, 0.05) is 12.8 Å². The summed E-state index contributed by atoms with van der Waals surface area (Å²) in [5.74, 6) is -0.246. The van der Waals surface area contributed by atoms with Crippen LogP contribution in [-0.2, 0) is 23.8 Å². The van der Waals surface area contributed by atoms with Crippen molar-refractivity contribution in [2.24, 2.45) is 0 Å². The predicted molar refractivity (Wildman–Crippen MR) is 301 cm³/mol. The minimum Gasteiger partial charge on any atom is -0.465 e. The molecule has 0 bridgehead atoms. The highest BCUT2D eigenvalue weighted by Crippen LogP contribution is 2.23. The fourth-order valence-corrected chi connectivity index (χ4v) is 9.33. The zero-order valence-corrected chi connectivity index (χ0v) is 46.8. The van der Waals surface area contributed by atoms with Gasteiger partial charge in [0.05, 0.1) is 32.0 Å². The molecular formula is C62H113NO10. The van der Waals surface area contributed by atoms with Crippen LogP contribution in [0.4, 0.5) is 0 Å². The van der Waals surface area contributed by atoms with Crippen molar-refractivity contribution >= 4 is 11.9 Å². The van der Waals surface area contributed by atoms with Crippen LogP contribution in [0.5, 0.6) is 0 Å². The number of hydrogen-bond acceptors (Lipinski definition) is 10. The first-order valence-corrected chi connectivity index (χ1v) is 30.4. The highest BCUT2D eigenvalue weighted by Gasteiger charge is 2.44. The first-order chi connectivity index (χ1) is 35.7. The van der Waals surface area contributed by atoms with Crippen molar-refractivity contribution < 1.29 is 49.3 Å². The Kier molecular flexibility index (Phi) is 48.6. The zero-order valence-electron chi connectivity index (χ0n) is 46.8. The fourth-order valence-electron chi connectivity index (χ4n) is 9.33. The standard InChI is InChI=1S/C62H113NO10/c1-3-5-7-9-11-13-14-15-23-27-30-34-38-42-46-50-58(67)71-51-47-43-39-35-31-28-25-22-20-18-16-17-19-21-24-26-29-33-37-41-45-49-57(66)63-54(55(65)48-44-40-36-32-12-10-8-6-4-2)53-72-62-61(70)60(69)59(68)56(52-64)73-62/h15,23,28,31,39,43-44,48,54-56,59-62,64-65,68-70H,3-14,16-22,24-27,29-30,32-38,40-42,45-47,49-53H2,1-2H3,(H,63,66)/b23-15-,31-28-,43-39-,48-44+. The van der Waals surface area contributed by atoms with Gasteiger partial charge >= 0.3 is 5.97 Å². The number of allylic oxidation sites excluding steroid dienone is 6. The Morgan fingerprint density at radius 3 is 1.40 bits per heavy atom. The van der Waals surface area contributed by atoms with Crippen LogP contribution in [0.2, 0.25) is 0 Å². The second-order valence-electron chi connectivity index (χ2n) is 21.0. The molecule has 1 aliphatic rings. The van der Waals surface area contributed by atoms with E-state index >= 15 is 0 Å². The molecule has 6 N–H and O–H groups in total. The lowest BCUT2D eigenvalue weighted by Gasteiger charge is -2.40. The first-order valence-electron chi connectivity index (χ1n) is 30.4. The Labute approximate surface area is 446 Å². The van der Waals surface area contributed by atoms with E-state index in [0.29, 0.717) is 19.4 Å². The van der Waals surface area contributed by atoms with Crippen LogP contribution in [0.1, 0.15) is 271 Å². The molecule has 0 aliphatic carbocycles. The quantitative estimate of drug-likeness (QED) is 0.0195. The molecule has 0 aromatic rings. The number of aliphatic hydroxyl groups excluding tert-OH is 5. The third-order valence-corrected chi connectivity index (χ3v) is 14.2. The summed E-state index contributed by atoms with van der Waals surface area (Å²) in [6, 6.07) is -0.813. The van der Waals surface area contributed by atoms with Crippen LogP contribution in [0, 0.1) is 0 Å². The van der Waals surface area contributed by atoms with Crippen LogP contribution < -0.4 is 5.32 Å². The lowest BCUT2D eigenvalue weighted by molar-refractivity contribution is -0.302. The average Bonchev–Trinajstić information content (AvgIpc) is 3.39. The van der Waals surface area contributed by atoms with Gasteiger partial charge in [-0.2, -0.15) is 0 Å². The Morgan fingerprint density at radius 2 is 0.918 bits per heavy atom. The molecule has 0 aromatic carbocycles. The van der Waals surface area contributed by atoms with Gasteiger partial charge in [-0.1, -0.05) is 229 Å². The van der Waals surface area contributed by atoms with Crippen LogP contribution >= 0.6 is 0 Å². The van der Waals surface area contributed by atoms with Gasteiger partial charge < -0.3 is 45.1 Å². The van der Waals surface area contributed by atoms with Crippen LogP contribution in [0.25, 0.3) is 0 Å². The molecule has 426 valence electrons. The van der Waals surface area contributed by atoms with E-state index in [2.05, 4.69) is 55.6 Å². The molecule has 0 spiro atoms. The van der Waals surface area contributed by atoms with Crippen LogP contribution in [-0.4, -0.2) is 100 Å². The molecule has 1 aliphatic heterocycles. The molecule has 1 amide bonds. The maximum Gasteiger partial charge on any atom is 0.305 e. The first kappa shape index (κ1) is 68.6. The van der Waals surface area contributed by atoms with Gasteiger partial charge in [-0.25, -0.2) is 0 Å². The normalized spacial score (nSPS) is 19.2. The molecule has 1 fully saturated rings. The van der Waals surface area contributed by atoms with Crippen molar-refractivity contribution in [1.29, 1.82) is 0 Å². The number of hydrogen-bond donors (Lipinski definition) is 6. The van der Waals surface area contributed by atoms with Crippen molar-refractivity contribution in [3.05, 3.63) is 48.6 Å². The SMILES string of the molecule is CCCCCCCC/C=C\CCCCCCCC(=O)OCC/C=C\C/C=C\CCCCCCCCCCCCCCCCC(=O)NC(COC1OC(CO)C(O)C(O)C1O)C(O)/C=C/CCCCCCCCC. The second kappa shape index (κ2) is 51.7. The molecule has 1 heterocycles. The molecule has 73 heavy (non-hydrogen) atoms. The molecule has 7 atom stereocenters. The van der Waals surface area contributed by atoms with E-state index in [1.807, 2.05) is 6.08 Å². The van der Waals surface area contributed by atoms with Gasteiger partial charge in [-0.15, -0.1) is 0 Å². The summed E-state index contributed by atoms with van der Waals surface area (Å²) >= 11 is 0. The Hall–Kier alpha value is -2.38. The van der Waals surface area contributed by atoms with Gasteiger partial charge in [-0.05, 0) is 77.0 Å². The molecular weight excluding hydrogens is 919 g/mol. The Balaban J connectivity index is 2.03. The smallest absolute Gasteiger partial charge is 0.305 e. The van der Waals surface area contributed by atoms with E-state index in [4.69, 9.17) is 14.2 Å². The monoisotopic (exact) mass is 1030 g/mol. The van der Waals surface area contributed by atoms with E-state index in [-0.39, 0.29) is 18.5 Å². The minimum atomic E-state index is -1.57. The lowest BCUT2D eigenvalue weighted by Crippen LogP contribution is -2.60. The van der Waals surface area contributed by atoms with Crippen molar-refractivity contribution in [2.45, 2.75) is 314 Å². The fraction of sp³-hybridized carbons (Fsp3) is 0.839. The van der Waals surface area contributed by atoms with Crippen molar-refractivity contribution in [3.8, 4) is 0 Å². The summed E-state index contributed by atoms with van der Waals surface area (Å²) in [5, 5.41) is 54.2. The molecule has 1 rings (SSSR count). The van der Waals surface area contributed by atoms with E-state index in [0.717, 1.165) is 70.6 Å². The maximum atomic E-state index is 13.0. The zero-order chi connectivity index (χ0) is 53.1. The van der Waals surface area contributed by atoms with Crippen LogP contribution in [0.3, 0.4) is 0 Å². The van der Waals surface area contributed by atoms with E-state index in [9.17, 15) is 35.1 Å². The van der Waals surface area contributed by atoms with Crippen molar-refractivity contribution in [2.75, 3.05) is 19.8 Å². The van der Waals surface area contributed by atoms with Crippen molar-refractivity contribution in [1.82, 2.24) is 5.32 Å². The predicted octanol–water partition coefficient (Wildman–Crippen LogP) is 14.1. The third kappa shape index (κ3) is 41.5. The largest absolute Gasteiger partial charge is 0.465 e. The van der Waals surface area contributed by atoms with Crippen molar-refractivity contribution in [3.63, 3.8) is 0 Å². The molecule has 7 unspecified atom stereocenters. The van der Waals surface area contributed by atoms with Crippen LogP contribution in [0.15, 0.2) is 48.6 Å². The number of amides is 1. The van der Waals surface area contributed by atoms with E-state index in [1.165, 1.54) is 173 Å². The summed E-state index contributed by atoms with van der Waals surface area (Å²) < 4.78 is 16.6. The minimum absolute atomic E-state index is 0.0568. The van der Waals surface area contributed by atoms with E-state index in [1.54, 1.807) is 6.08 Å². The molecule has 0 radical (unpaired) electrons. The molecule has 0 saturated carbocycles. The summed E-state index contributed by atoms with van der Waals surface area (Å²) in [6.45, 7) is 4.19. The highest BCUT2D eigenvalue weighted by molar-refractivity contribution is 5.76. The Bertz CT molecular complexity index is 1350. The average molecular weight is 1030 g/mol. The van der Waals surface area contributed by atoms with Gasteiger partial charge in [0.25, 0.3) is 0 Å². The Morgan fingerprint density at radius 1 is 0.507 bits per heavy atom. The number of nitrogens with one attached hydrogen (secondary N) is 1. The summed E-state index contributed by atoms with van der Waals surface area (Å²) in [6.07, 6.45) is 55.2. The molecule has 11 nitrogen and oxygen atoms in total. The number of carbonyl (C=O) groups is 2. The van der Waals surface area contributed by atoms with Gasteiger partial charge in [-0.3, -0.25) is 9.59 Å². The number of esters is 1. The highest BCUT2D eigenvalue weighted by atomic mass is 16.7. The second-order valence-corrected chi connectivity index (χ2v) is 21.0. The summed E-state index contributed by atoms with van der Waals surface area (Å²) in [5.41, 5.74) is 0. The maximum absolute atomic E-state index is 13.0. The van der Waals surface area contributed by atoms with E-state index < -0.39 is 49.5 Å². The lowest BCUT2D eigenvalue weighted by atomic mass is 9.99. The summed E-state index contributed by atoms with van der Waals surface area (Å²) in [4.78, 5) is 25.0. The number of rotatable bonds is 52. The van der Waals surface area contributed by atoms with Gasteiger partial charge in [0.15, 0.2) is 6.29 Å². The van der Waals surface area contributed by atoms with Gasteiger partial charge in [0.1, 0.15) is 24.4 Å². The molecule has 1 saturated heterocycles. The topological polar surface area (TPSA) is 175 Å². The molecule has 11 heteroatoms. The number of ether oxygens (including phenoxy) is 3. The third-order valence-electron chi connectivity index (χ3n) is 14.2. The van der Waals surface area contributed by atoms with Gasteiger partial charge in [0.2, 0.25) is 5.91 Å². The number of aliphatic hydroxyl groups is 5. The number of carbonyl (C=O) groups excluding carboxylic acids is 2.